The first-order valence-corrected chi connectivity index (χ1v) is 4.56. The maximum Gasteiger partial charge on any atom is 0.249 e. The molecule has 3 nitrogen and oxygen atoms in total. The molecule has 70 valence electrons. The Kier molecular flexibility index (Phi) is 4.25. The fourth-order valence-corrected chi connectivity index (χ4v) is 1.69. The molecule has 13 heavy (non-hydrogen) atoms. The van der Waals surface area contributed by atoms with E-state index in [1.54, 1.807) is 0 Å². The van der Waals surface area contributed by atoms with Crippen molar-refractivity contribution in [1.82, 2.24) is 4.90 Å². The van der Waals surface area contributed by atoms with Crippen molar-refractivity contribution in [3.8, 4) is 12.0 Å². The molecule has 1 fully saturated rings. The summed E-state index contributed by atoms with van der Waals surface area (Å²) in [5.41, 5.74) is 0. The smallest absolute Gasteiger partial charge is 0.249 e. The van der Waals surface area contributed by atoms with Crippen LogP contribution in [0.2, 0.25) is 0 Å². The van der Waals surface area contributed by atoms with E-state index in [1.165, 1.54) is 25.5 Å². The van der Waals surface area contributed by atoms with Crippen molar-refractivity contribution in [2.24, 2.45) is 10.9 Å². The quantitative estimate of drug-likeness (QED) is 0.341. The number of hydrogen-bond donors (Lipinski definition) is 0. The summed E-state index contributed by atoms with van der Waals surface area (Å²) in [5.74, 6) is 3.52. The molecule has 0 saturated carbocycles. The number of hydrogen-bond acceptors (Lipinski definition) is 3. The molecule has 1 saturated heterocycles. The van der Waals surface area contributed by atoms with Gasteiger partial charge in [0.05, 0.1) is 0 Å². The molecule has 1 aliphatic rings. The van der Waals surface area contributed by atoms with Crippen LogP contribution in [-0.4, -0.2) is 31.1 Å². The molecule has 0 spiro atoms. The zero-order valence-corrected chi connectivity index (χ0v) is 7.92. The monoisotopic (exact) mass is 178 g/mol. The fourth-order valence-electron chi connectivity index (χ4n) is 1.69. The van der Waals surface area contributed by atoms with Crippen LogP contribution in [0.25, 0.3) is 0 Å². The first-order valence-electron chi connectivity index (χ1n) is 4.56. The zero-order valence-electron chi connectivity index (χ0n) is 7.92. The van der Waals surface area contributed by atoms with Crippen molar-refractivity contribution in [1.29, 1.82) is 0 Å². The average molecular weight is 178 g/mol. The number of aliphatic imine (C=N–C) groups is 1. The third-order valence-electron chi connectivity index (χ3n) is 2.29. The minimum Gasteiger partial charge on any atom is -0.306 e. The van der Waals surface area contributed by atoms with Crippen LogP contribution in [0.4, 0.5) is 0 Å². The lowest BCUT2D eigenvalue weighted by Gasteiger charge is -2.28. The lowest BCUT2D eigenvalue weighted by atomic mass is 9.96. The van der Waals surface area contributed by atoms with Crippen LogP contribution in [0.15, 0.2) is 4.99 Å². The van der Waals surface area contributed by atoms with E-state index in [0.717, 1.165) is 13.0 Å². The van der Waals surface area contributed by atoms with Crippen molar-refractivity contribution in [2.75, 3.05) is 20.1 Å². The maximum atomic E-state index is 9.71. The van der Waals surface area contributed by atoms with Gasteiger partial charge in [0, 0.05) is 19.0 Å². The van der Waals surface area contributed by atoms with Gasteiger partial charge in [0.1, 0.15) is 0 Å². The molecule has 0 aliphatic carbocycles. The summed E-state index contributed by atoms with van der Waals surface area (Å²) in [5, 5.41) is 0. The molecule has 1 unspecified atom stereocenters. The molecule has 0 amide bonds. The second-order valence-corrected chi connectivity index (χ2v) is 3.47. The Balaban J connectivity index is 2.29. The van der Waals surface area contributed by atoms with Crippen LogP contribution < -0.4 is 0 Å². The van der Waals surface area contributed by atoms with Crippen molar-refractivity contribution in [2.45, 2.75) is 19.3 Å². The van der Waals surface area contributed by atoms with Crippen LogP contribution >= 0.6 is 0 Å². The van der Waals surface area contributed by atoms with E-state index in [1.807, 2.05) is 0 Å². The van der Waals surface area contributed by atoms with Gasteiger partial charge in [0.25, 0.3) is 0 Å². The minimum absolute atomic E-state index is 0.646. The molecule has 0 bridgehead atoms. The lowest BCUT2D eigenvalue weighted by Crippen LogP contribution is -2.31. The highest BCUT2D eigenvalue weighted by molar-refractivity contribution is 5.36. The molecule has 3 heteroatoms. The first-order chi connectivity index (χ1) is 6.33. The SMILES string of the molecule is CN1CCCC(CC#CN=C=O)C1. The Morgan fingerprint density at radius 3 is 3.15 bits per heavy atom. The molecular weight excluding hydrogens is 164 g/mol. The highest BCUT2D eigenvalue weighted by Gasteiger charge is 2.15. The lowest BCUT2D eigenvalue weighted by molar-refractivity contribution is 0.213. The molecule has 1 atom stereocenters. The number of carbonyl (C=O) groups excluding carboxylic acids is 1. The summed E-state index contributed by atoms with van der Waals surface area (Å²) >= 11 is 0. The molecule has 0 aromatic heterocycles. The highest BCUT2D eigenvalue weighted by Crippen LogP contribution is 2.17. The third kappa shape index (κ3) is 3.89. The van der Waals surface area contributed by atoms with Gasteiger partial charge in [-0.2, -0.15) is 0 Å². The molecule has 0 aromatic carbocycles. The number of isocyanates is 1. The summed E-state index contributed by atoms with van der Waals surface area (Å²) in [7, 11) is 2.13. The summed E-state index contributed by atoms with van der Waals surface area (Å²) in [6, 6.07) is 2.43. The predicted octanol–water partition coefficient (Wildman–Crippen LogP) is 1.01. The Bertz CT molecular complexity index is 258. The molecule has 1 aliphatic heterocycles. The number of likely N-dealkylation sites (tertiary alicyclic amines) is 1. The van der Waals surface area contributed by atoms with E-state index in [2.05, 4.69) is 28.9 Å². The summed E-state index contributed by atoms with van der Waals surface area (Å²) in [6.45, 7) is 2.30. The van der Waals surface area contributed by atoms with Crippen molar-refractivity contribution < 1.29 is 4.79 Å². The van der Waals surface area contributed by atoms with Crippen molar-refractivity contribution in [3.05, 3.63) is 0 Å². The van der Waals surface area contributed by atoms with Crippen molar-refractivity contribution >= 4 is 6.08 Å². The van der Waals surface area contributed by atoms with E-state index in [0.29, 0.717) is 5.92 Å². The van der Waals surface area contributed by atoms with E-state index in [-0.39, 0.29) is 0 Å². The van der Waals surface area contributed by atoms with Crippen molar-refractivity contribution in [3.63, 3.8) is 0 Å². The van der Waals surface area contributed by atoms with Crippen LogP contribution in [-0.2, 0) is 4.79 Å². The van der Waals surface area contributed by atoms with Crippen LogP contribution in [0.5, 0.6) is 0 Å². The Hall–Kier alpha value is -1.10. The molecule has 1 rings (SSSR count). The van der Waals surface area contributed by atoms with Crippen LogP contribution in [0.1, 0.15) is 19.3 Å². The summed E-state index contributed by atoms with van der Waals surface area (Å²) < 4.78 is 0. The summed E-state index contributed by atoms with van der Waals surface area (Å²) in [4.78, 5) is 15.2. The van der Waals surface area contributed by atoms with E-state index >= 15 is 0 Å². The average Bonchev–Trinajstić information content (AvgIpc) is 2.13. The van der Waals surface area contributed by atoms with Gasteiger partial charge >= 0.3 is 0 Å². The second kappa shape index (κ2) is 5.53. The van der Waals surface area contributed by atoms with Gasteiger partial charge in [-0.25, -0.2) is 4.79 Å². The van der Waals surface area contributed by atoms with Gasteiger partial charge in [-0.3, -0.25) is 0 Å². The Morgan fingerprint density at radius 2 is 2.46 bits per heavy atom. The van der Waals surface area contributed by atoms with Crippen LogP contribution in [0.3, 0.4) is 0 Å². The largest absolute Gasteiger partial charge is 0.306 e. The highest BCUT2D eigenvalue weighted by atomic mass is 16.1. The standard InChI is InChI=1S/C10H14N2O/c1-12-7-3-5-10(8-12)4-2-6-11-9-13/h10H,3-5,7-8H2,1H3. The maximum absolute atomic E-state index is 9.71. The molecule has 0 radical (unpaired) electrons. The second-order valence-electron chi connectivity index (χ2n) is 3.47. The van der Waals surface area contributed by atoms with Gasteiger partial charge in [0.2, 0.25) is 6.08 Å². The minimum atomic E-state index is 0.646. The first kappa shape index (κ1) is 9.98. The van der Waals surface area contributed by atoms with Gasteiger partial charge in [-0.05, 0) is 32.4 Å². The normalized spacial score (nSPS) is 22.7. The van der Waals surface area contributed by atoms with Gasteiger partial charge in [-0.1, -0.05) is 5.92 Å². The van der Waals surface area contributed by atoms with Gasteiger partial charge in [-0.15, -0.1) is 4.99 Å². The zero-order chi connectivity index (χ0) is 9.52. The van der Waals surface area contributed by atoms with E-state index in [4.69, 9.17) is 0 Å². The third-order valence-corrected chi connectivity index (χ3v) is 2.29. The topological polar surface area (TPSA) is 32.7 Å². The fraction of sp³-hybridized carbons (Fsp3) is 0.700. The van der Waals surface area contributed by atoms with E-state index in [9.17, 15) is 4.79 Å². The van der Waals surface area contributed by atoms with Gasteiger partial charge in [0.15, 0.2) is 0 Å². The number of rotatable bonds is 1. The Labute approximate surface area is 78.8 Å². The number of piperidine rings is 1. The molecular formula is C10H14N2O. The molecule has 0 aromatic rings. The van der Waals surface area contributed by atoms with Crippen LogP contribution in [0, 0.1) is 17.9 Å². The Morgan fingerprint density at radius 1 is 1.62 bits per heavy atom. The van der Waals surface area contributed by atoms with Gasteiger partial charge < -0.3 is 4.90 Å². The predicted molar refractivity (Wildman–Crippen MR) is 50.7 cm³/mol. The molecule has 0 N–H and O–H groups in total. The summed E-state index contributed by atoms with van der Waals surface area (Å²) in [6.07, 6.45) is 4.74. The number of nitrogens with zero attached hydrogens (tertiary/aromatic N) is 2. The molecule has 1 heterocycles. The van der Waals surface area contributed by atoms with E-state index < -0.39 is 0 Å².